The van der Waals surface area contributed by atoms with Crippen LogP contribution in [0.25, 0.3) is 5.69 Å². The van der Waals surface area contributed by atoms with Crippen LogP contribution in [0.5, 0.6) is 11.5 Å². The van der Waals surface area contributed by atoms with Gasteiger partial charge in [-0.1, -0.05) is 6.07 Å². The average Bonchev–Trinajstić information content (AvgIpc) is 3.35. The highest BCUT2D eigenvalue weighted by atomic mass is 16.6. The molecule has 0 spiro atoms. The van der Waals surface area contributed by atoms with Gasteiger partial charge >= 0.3 is 6.09 Å². The van der Waals surface area contributed by atoms with Crippen LogP contribution in [0.1, 0.15) is 66.7 Å². The zero-order valence-electron chi connectivity index (χ0n) is 23.2. The van der Waals surface area contributed by atoms with E-state index in [0.29, 0.717) is 61.9 Å². The highest BCUT2D eigenvalue weighted by Crippen LogP contribution is 2.35. The first-order chi connectivity index (χ1) is 18.6. The quantitative estimate of drug-likeness (QED) is 0.468. The molecule has 0 saturated carbocycles. The lowest BCUT2D eigenvalue weighted by Gasteiger charge is -2.34. The first-order valence-corrected chi connectivity index (χ1v) is 13.4. The number of hydrogen-bond donors (Lipinski definition) is 1. The van der Waals surface area contributed by atoms with Crippen LogP contribution in [-0.2, 0) is 4.74 Å². The third-order valence-electron chi connectivity index (χ3n) is 7.12. The Hall–Kier alpha value is -4.01. The third-order valence-corrected chi connectivity index (χ3v) is 7.12. The van der Waals surface area contributed by atoms with Crippen LogP contribution in [0.2, 0.25) is 0 Å². The first-order valence-electron chi connectivity index (χ1n) is 13.4. The van der Waals surface area contributed by atoms with Crippen LogP contribution in [-0.4, -0.2) is 58.6 Å². The minimum Gasteiger partial charge on any atom is -0.486 e. The molecule has 0 aliphatic carbocycles. The Balaban J connectivity index is 1.42. The van der Waals surface area contributed by atoms with E-state index in [0.717, 1.165) is 16.9 Å². The third kappa shape index (κ3) is 5.87. The van der Waals surface area contributed by atoms with E-state index < -0.39 is 5.60 Å². The molecule has 2 aliphatic rings. The predicted molar refractivity (Wildman–Crippen MR) is 148 cm³/mol. The molecule has 206 valence electrons. The Morgan fingerprint density at radius 1 is 0.974 bits per heavy atom. The summed E-state index contributed by atoms with van der Waals surface area (Å²) in [5.74, 6) is 1.07. The molecule has 0 atom stereocenters. The number of amides is 2. The molecule has 0 bridgehead atoms. The lowest BCUT2D eigenvalue weighted by molar-refractivity contribution is 0.0203. The number of anilines is 1. The molecule has 3 heterocycles. The second-order valence-corrected chi connectivity index (χ2v) is 11.2. The van der Waals surface area contributed by atoms with Crippen molar-refractivity contribution in [2.75, 3.05) is 31.6 Å². The molecule has 2 aromatic carbocycles. The van der Waals surface area contributed by atoms with Crippen LogP contribution < -0.4 is 14.8 Å². The number of aromatic nitrogens is 2. The fourth-order valence-corrected chi connectivity index (χ4v) is 4.97. The van der Waals surface area contributed by atoms with Crippen molar-refractivity contribution >= 4 is 17.7 Å². The van der Waals surface area contributed by atoms with Crippen molar-refractivity contribution < 1.29 is 23.8 Å². The minimum atomic E-state index is -0.547. The summed E-state index contributed by atoms with van der Waals surface area (Å²) >= 11 is 0. The predicted octanol–water partition coefficient (Wildman–Crippen LogP) is 5.63. The summed E-state index contributed by atoms with van der Waals surface area (Å²) in [4.78, 5) is 28.0. The van der Waals surface area contributed by atoms with E-state index in [1.165, 1.54) is 5.56 Å². The second-order valence-electron chi connectivity index (χ2n) is 11.2. The van der Waals surface area contributed by atoms with Gasteiger partial charge in [0.05, 0.1) is 23.1 Å². The van der Waals surface area contributed by atoms with E-state index >= 15 is 0 Å². The lowest BCUT2D eigenvalue weighted by atomic mass is 9.90. The van der Waals surface area contributed by atoms with Crippen LogP contribution >= 0.6 is 0 Å². The number of fused-ring (bicyclic) bond motifs is 1. The lowest BCUT2D eigenvalue weighted by Crippen LogP contribution is -2.41. The van der Waals surface area contributed by atoms with Gasteiger partial charge in [-0.05, 0) is 82.9 Å². The number of benzene rings is 2. The zero-order valence-corrected chi connectivity index (χ0v) is 23.2. The second kappa shape index (κ2) is 10.6. The highest BCUT2D eigenvalue weighted by molar-refractivity contribution is 6.05. The number of carbonyl (C=O) groups is 2. The molecule has 0 unspecified atom stereocenters. The molecule has 1 N–H and O–H groups in total. The molecule has 9 nitrogen and oxygen atoms in total. The summed E-state index contributed by atoms with van der Waals surface area (Å²) in [6, 6.07) is 11.6. The highest BCUT2D eigenvalue weighted by Gasteiger charge is 2.32. The number of hydrogen-bond acceptors (Lipinski definition) is 6. The molecule has 1 fully saturated rings. The van der Waals surface area contributed by atoms with Gasteiger partial charge in [-0.3, -0.25) is 4.79 Å². The van der Waals surface area contributed by atoms with E-state index in [1.54, 1.807) is 29.3 Å². The van der Waals surface area contributed by atoms with Crippen molar-refractivity contribution in [3.63, 3.8) is 0 Å². The number of likely N-dealkylation sites (tertiary alicyclic amines) is 1. The summed E-state index contributed by atoms with van der Waals surface area (Å²) in [6.07, 6.45) is 2.72. The SMILES string of the molecule is Cc1ccc(-n2ncc(C(=O)Nc3ccc4c(c3)OCCO4)c2C2CCN(C(=O)OC(C)(C)C)CC2)cc1C. The van der Waals surface area contributed by atoms with Gasteiger partial charge in [0.15, 0.2) is 11.5 Å². The Bertz CT molecular complexity index is 1380. The van der Waals surface area contributed by atoms with Crippen LogP contribution in [0.4, 0.5) is 10.5 Å². The molecule has 9 heteroatoms. The maximum Gasteiger partial charge on any atom is 0.410 e. The number of nitrogens with zero attached hydrogens (tertiary/aromatic N) is 3. The smallest absolute Gasteiger partial charge is 0.410 e. The zero-order chi connectivity index (χ0) is 27.7. The van der Waals surface area contributed by atoms with Gasteiger partial charge in [0.1, 0.15) is 18.8 Å². The summed E-state index contributed by atoms with van der Waals surface area (Å²) in [6.45, 7) is 11.8. The summed E-state index contributed by atoms with van der Waals surface area (Å²) in [7, 11) is 0. The summed E-state index contributed by atoms with van der Waals surface area (Å²) < 4.78 is 18.7. The fourth-order valence-electron chi connectivity index (χ4n) is 4.97. The molecule has 2 amide bonds. The number of rotatable bonds is 4. The van der Waals surface area contributed by atoms with Crippen molar-refractivity contribution in [1.29, 1.82) is 0 Å². The van der Waals surface area contributed by atoms with Gasteiger partial charge in [0.25, 0.3) is 5.91 Å². The van der Waals surface area contributed by atoms with Crippen LogP contribution in [0.15, 0.2) is 42.6 Å². The van der Waals surface area contributed by atoms with Gasteiger partial charge in [-0.15, -0.1) is 0 Å². The summed E-state index contributed by atoms with van der Waals surface area (Å²) in [5.41, 5.74) is 4.67. The fraction of sp³-hybridized carbons (Fsp3) is 0.433. The largest absolute Gasteiger partial charge is 0.486 e. The molecule has 1 saturated heterocycles. The Kier molecular flexibility index (Phi) is 7.25. The monoisotopic (exact) mass is 532 g/mol. The molecule has 1 aromatic heterocycles. The van der Waals surface area contributed by atoms with Crippen molar-refractivity contribution in [3.8, 4) is 17.2 Å². The average molecular weight is 533 g/mol. The molecule has 5 rings (SSSR count). The number of carbonyl (C=O) groups excluding carboxylic acids is 2. The molecular formula is C30H36N4O5. The van der Waals surface area contributed by atoms with E-state index in [4.69, 9.17) is 14.2 Å². The topological polar surface area (TPSA) is 94.9 Å². The van der Waals surface area contributed by atoms with Gasteiger partial charge < -0.3 is 24.4 Å². The number of aryl methyl sites for hydroxylation is 2. The van der Waals surface area contributed by atoms with Crippen molar-refractivity contribution in [1.82, 2.24) is 14.7 Å². The Morgan fingerprint density at radius 2 is 1.69 bits per heavy atom. The number of ether oxygens (including phenoxy) is 3. The van der Waals surface area contributed by atoms with Crippen molar-refractivity contribution in [2.24, 2.45) is 0 Å². The Morgan fingerprint density at radius 3 is 2.38 bits per heavy atom. The molecule has 0 radical (unpaired) electrons. The standard InChI is InChI=1S/C30H36N4O5/c1-19-6-8-23(16-20(19)2)34-27(21-10-12-33(13-11-21)29(36)39-30(3,4)5)24(18-31-34)28(35)32-22-7-9-25-26(17-22)38-15-14-37-25/h6-9,16-18,21H,10-15H2,1-5H3,(H,32,35). The molecule has 2 aliphatic heterocycles. The molecule has 3 aromatic rings. The van der Waals surface area contributed by atoms with E-state index in [1.807, 2.05) is 31.5 Å². The van der Waals surface area contributed by atoms with Gasteiger partial charge in [-0.25, -0.2) is 9.48 Å². The van der Waals surface area contributed by atoms with E-state index in [-0.39, 0.29) is 17.9 Å². The van der Waals surface area contributed by atoms with Crippen molar-refractivity contribution in [2.45, 2.75) is 59.0 Å². The number of nitrogens with one attached hydrogen (secondary N) is 1. The number of piperidine rings is 1. The van der Waals surface area contributed by atoms with Gasteiger partial charge in [0.2, 0.25) is 0 Å². The molecular weight excluding hydrogens is 496 g/mol. The normalized spacial score (nSPS) is 15.7. The van der Waals surface area contributed by atoms with E-state index in [9.17, 15) is 9.59 Å². The minimum absolute atomic E-state index is 0.0359. The van der Waals surface area contributed by atoms with Gasteiger partial charge in [0, 0.05) is 30.8 Å². The van der Waals surface area contributed by atoms with Crippen LogP contribution in [0, 0.1) is 13.8 Å². The molecule has 39 heavy (non-hydrogen) atoms. The maximum atomic E-state index is 13.6. The van der Waals surface area contributed by atoms with Gasteiger partial charge in [-0.2, -0.15) is 5.10 Å². The Labute approximate surface area is 229 Å². The van der Waals surface area contributed by atoms with Crippen molar-refractivity contribution in [3.05, 3.63) is 65.0 Å². The van der Waals surface area contributed by atoms with E-state index in [2.05, 4.69) is 36.4 Å². The maximum absolute atomic E-state index is 13.6. The first kappa shape index (κ1) is 26.6. The van der Waals surface area contributed by atoms with Crippen LogP contribution in [0.3, 0.4) is 0 Å². The summed E-state index contributed by atoms with van der Waals surface area (Å²) in [5, 5.41) is 7.69.